The second kappa shape index (κ2) is 7.79. The van der Waals surface area contributed by atoms with Crippen molar-refractivity contribution < 1.29 is 4.79 Å². The van der Waals surface area contributed by atoms with Crippen LogP contribution >= 0.6 is 0 Å². The number of carbonyl (C=O) groups excluding carboxylic acids is 1. The van der Waals surface area contributed by atoms with Crippen molar-refractivity contribution in [1.29, 1.82) is 0 Å². The van der Waals surface area contributed by atoms with Crippen LogP contribution in [0.3, 0.4) is 0 Å². The van der Waals surface area contributed by atoms with E-state index in [0.717, 1.165) is 23.1 Å². The van der Waals surface area contributed by atoms with Crippen LogP contribution in [0, 0.1) is 0 Å². The van der Waals surface area contributed by atoms with Crippen LogP contribution in [-0.4, -0.2) is 22.4 Å². The number of anilines is 1. The molecule has 132 valence electrons. The van der Waals surface area contributed by atoms with Crippen molar-refractivity contribution in [2.24, 2.45) is 0 Å². The Bertz CT molecular complexity index is 1050. The second-order valence-electron chi connectivity index (χ2n) is 6.27. The van der Waals surface area contributed by atoms with Crippen LogP contribution in [0.4, 0.5) is 5.69 Å². The second-order valence-corrected chi connectivity index (χ2v) is 6.27. The molecule has 0 N–H and O–H groups in total. The number of carbonyl (C=O) groups is 1. The molecule has 0 saturated heterocycles. The lowest BCUT2D eigenvalue weighted by molar-refractivity contribution is 0.0982. The third-order valence-corrected chi connectivity index (χ3v) is 4.45. The maximum absolute atomic E-state index is 13.2. The summed E-state index contributed by atoms with van der Waals surface area (Å²) in [7, 11) is 0. The summed E-state index contributed by atoms with van der Waals surface area (Å²) in [5.74, 6) is -0.143. The van der Waals surface area contributed by atoms with Gasteiger partial charge >= 0.3 is 0 Å². The summed E-state index contributed by atoms with van der Waals surface area (Å²) < 4.78 is 0. The van der Waals surface area contributed by atoms with Crippen LogP contribution in [0.5, 0.6) is 0 Å². The van der Waals surface area contributed by atoms with E-state index in [1.807, 2.05) is 72.8 Å². The van der Waals surface area contributed by atoms with Gasteiger partial charge < -0.3 is 4.90 Å². The number of rotatable bonds is 5. The van der Waals surface area contributed by atoms with Crippen LogP contribution in [0.1, 0.15) is 16.1 Å². The highest BCUT2D eigenvalue weighted by molar-refractivity contribution is 6.05. The lowest BCUT2D eigenvalue weighted by Crippen LogP contribution is -2.33. The van der Waals surface area contributed by atoms with Crippen LogP contribution in [0.2, 0.25) is 0 Å². The molecule has 27 heavy (non-hydrogen) atoms. The Kier molecular flexibility index (Phi) is 4.88. The molecule has 0 aliphatic heterocycles. The summed E-state index contributed by atoms with van der Waals surface area (Å²) in [6.45, 7) is 0.571. The molecule has 1 heterocycles. The number of fused-ring (bicyclic) bond motifs is 1. The minimum Gasteiger partial charge on any atom is -0.307 e. The summed E-state index contributed by atoms with van der Waals surface area (Å²) >= 11 is 0. The molecule has 3 aromatic carbocycles. The van der Waals surface area contributed by atoms with E-state index in [1.165, 1.54) is 5.56 Å². The average molecular weight is 353 g/mol. The molecule has 0 atom stereocenters. The van der Waals surface area contributed by atoms with Crippen molar-refractivity contribution in [2.75, 3.05) is 11.4 Å². The Hall–Kier alpha value is -3.53. The molecule has 1 amide bonds. The molecule has 1 aromatic heterocycles. The van der Waals surface area contributed by atoms with E-state index >= 15 is 0 Å². The Morgan fingerprint density at radius 2 is 1.41 bits per heavy atom. The maximum Gasteiger partial charge on any atom is 0.278 e. The highest BCUT2D eigenvalue weighted by Crippen LogP contribution is 2.18. The number of nitrogens with zero attached hydrogens (tertiary/aromatic N) is 3. The van der Waals surface area contributed by atoms with Gasteiger partial charge in [0.2, 0.25) is 0 Å². The van der Waals surface area contributed by atoms with Gasteiger partial charge in [-0.15, -0.1) is 0 Å². The molecule has 4 heteroatoms. The van der Waals surface area contributed by atoms with E-state index in [0.29, 0.717) is 12.2 Å². The van der Waals surface area contributed by atoms with Gasteiger partial charge in [-0.3, -0.25) is 9.78 Å². The van der Waals surface area contributed by atoms with Gasteiger partial charge in [-0.05, 0) is 36.2 Å². The summed E-state index contributed by atoms with van der Waals surface area (Å²) in [6.07, 6.45) is 2.33. The van der Waals surface area contributed by atoms with Crippen molar-refractivity contribution in [3.05, 3.63) is 102 Å². The largest absolute Gasteiger partial charge is 0.307 e. The third-order valence-electron chi connectivity index (χ3n) is 4.45. The fourth-order valence-corrected chi connectivity index (χ4v) is 3.04. The van der Waals surface area contributed by atoms with E-state index in [4.69, 9.17) is 0 Å². The van der Waals surface area contributed by atoms with Gasteiger partial charge in [-0.1, -0.05) is 60.7 Å². The number of hydrogen-bond donors (Lipinski definition) is 0. The first-order chi connectivity index (χ1) is 13.3. The predicted molar refractivity (Wildman–Crippen MR) is 108 cm³/mol. The number of aromatic nitrogens is 2. The average Bonchev–Trinajstić information content (AvgIpc) is 2.75. The molecular formula is C23H19N3O. The zero-order valence-corrected chi connectivity index (χ0v) is 14.8. The zero-order chi connectivity index (χ0) is 18.5. The minimum absolute atomic E-state index is 0.143. The van der Waals surface area contributed by atoms with E-state index in [-0.39, 0.29) is 5.91 Å². The molecule has 0 saturated carbocycles. The van der Waals surface area contributed by atoms with Gasteiger partial charge in [0, 0.05) is 12.2 Å². The number of amides is 1. The molecule has 4 nitrogen and oxygen atoms in total. The van der Waals surface area contributed by atoms with Crippen molar-refractivity contribution in [3.8, 4) is 0 Å². The topological polar surface area (TPSA) is 46.1 Å². The fourth-order valence-electron chi connectivity index (χ4n) is 3.04. The first-order valence-electron chi connectivity index (χ1n) is 8.94. The van der Waals surface area contributed by atoms with Crippen molar-refractivity contribution >= 4 is 22.6 Å². The fraction of sp³-hybridized carbons (Fsp3) is 0.0870. The van der Waals surface area contributed by atoms with Gasteiger partial charge in [0.15, 0.2) is 0 Å². The minimum atomic E-state index is -0.143. The Morgan fingerprint density at radius 3 is 2.15 bits per heavy atom. The molecule has 4 rings (SSSR count). The Balaban J connectivity index is 1.65. The predicted octanol–water partition coefficient (Wildman–Crippen LogP) is 4.52. The SMILES string of the molecule is O=C(c1cnc2ccccc2n1)N(CCc1ccccc1)c1ccccc1. The number of hydrogen-bond acceptors (Lipinski definition) is 3. The lowest BCUT2D eigenvalue weighted by atomic mass is 10.1. The zero-order valence-electron chi connectivity index (χ0n) is 14.8. The monoisotopic (exact) mass is 353 g/mol. The summed E-state index contributed by atoms with van der Waals surface area (Å²) in [5.41, 5.74) is 3.90. The molecule has 0 aliphatic rings. The first kappa shape index (κ1) is 16.9. The summed E-state index contributed by atoms with van der Waals surface area (Å²) in [5, 5.41) is 0. The number of para-hydroxylation sites is 3. The molecule has 4 aromatic rings. The van der Waals surface area contributed by atoms with E-state index in [1.54, 1.807) is 11.1 Å². The quantitative estimate of drug-likeness (QED) is 0.530. The van der Waals surface area contributed by atoms with Gasteiger partial charge in [0.1, 0.15) is 5.69 Å². The van der Waals surface area contributed by atoms with E-state index in [9.17, 15) is 4.79 Å². The van der Waals surface area contributed by atoms with Crippen LogP contribution < -0.4 is 4.90 Å². The highest BCUT2D eigenvalue weighted by Gasteiger charge is 2.19. The molecule has 0 fully saturated rings. The molecule has 0 radical (unpaired) electrons. The van der Waals surface area contributed by atoms with Crippen molar-refractivity contribution in [1.82, 2.24) is 9.97 Å². The molecule has 0 aliphatic carbocycles. The third kappa shape index (κ3) is 3.85. The highest BCUT2D eigenvalue weighted by atomic mass is 16.2. The van der Waals surface area contributed by atoms with Crippen molar-refractivity contribution in [3.63, 3.8) is 0 Å². The van der Waals surface area contributed by atoms with Crippen LogP contribution in [0.15, 0.2) is 91.1 Å². The smallest absolute Gasteiger partial charge is 0.278 e. The normalized spacial score (nSPS) is 10.7. The Labute approximate surface area is 158 Å². The Morgan fingerprint density at radius 1 is 0.778 bits per heavy atom. The lowest BCUT2D eigenvalue weighted by Gasteiger charge is -2.22. The van der Waals surface area contributed by atoms with Gasteiger partial charge in [-0.25, -0.2) is 4.98 Å². The van der Waals surface area contributed by atoms with Crippen LogP contribution in [-0.2, 0) is 6.42 Å². The maximum atomic E-state index is 13.2. The molecular weight excluding hydrogens is 334 g/mol. The summed E-state index contributed by atoms with van der Waals surface area (Å²) in [4.78, 5) is 23.9. The van der Waals surface area contributed by atoms with Gasteiger partial charge in [-0.2, -0.15) is 0 Å². The molecule has 0 bridgehead atoms. The van der Waals surface area contributed by atoms with Crippen molar-refractivity contribution in [2.45, 2.75) is 6.42 Å². The first-order valence-corrected chi connectivity index (χ1v) is 8.94. The molecule has 0 unspecified atom stereocenters. The number of benzene rings is 3. The van der Waals surface area contributed by atoms with Crippen LogP contribution in [0.25, 0.3) is 11.0 Å². The standard InChI is InChI=1S/C23H19N3O/c27-23(22-17-24-20-13-7-8-14-21(20)25-22)26(19-11-5-2-6-12-19)16-15-18-9-3-1-4-10-18/h1-14,17H,15-16H2. The summed E-state index contributed by atoms with van der Waals surface area (Å²) in [6, 6.07) is 27.4. The van der Waals surface area contributed by atoms with E-state index < -0.39 is 0 Å². The van der Waals surface area contributed by atoms with Gasteiger partial charge in [0.25, 0.3) is 5.91 Å². The molecule has 0 spiro atoms. The van der Waals surface area contributed by atoms with Gasteiger partial charge in [0.05, 0.1) is 17.2 Å². The van der Waals surface area contributed by atoms with E-state index in [2.05, 4.69) is 22.1 Å².